The van der Waals surface area contributed by atoms with Crippen LogP contribution in [0.2, 0.25) is 0 Å². The Bertz CT molecular complexity index is 1120. The zero-order valence-electron chi connectivity index (χ0n) is 13.9. The summed E-state index contributed by atoms with van der Waals surface area (Å²) in [6, 6.07) is 12.4. The van der Waals surface area contributed by atoms with E-state index in [4.69, 9.17) is 8.83 Å². The normalized spacial score (nSPS) is 17.9. The molecule has 0 saturated heterocycles. The van der Waals surface area contributed by atoms with Crippen molar-refractivity contribution < 1.29 is 8.83 Å². The number of furan rings is 2. The van der Waals surface area contributed by atoms with Crippen LogP contribution in [0, 0.1) is 6.92 Å². The molecule has 1 atom stereocenters. The lowest BCUT2D eigenvalue weighted by molar-refractivity contribution is 0.382. The lowest BCUT2D eigenvalue weighted by Gasteiger charge is -2.28. The standard InChI is InChI=1S/C20H18N2O2/c1-12-8-9-15-17-14-6-4-5-7-16(14)23-20(17)24-19(15)18(12)22-11-10-21(3)13(22)2/h4-11,13H,1-3H3/t13-/m0/s1. The van der Waals surface area contributed by atoms with Crippen molar-refractivity contribution in [3.63, 3.8) is 0 Å². The van der Waals surface area contributed by atoms with Gasteiger partial charge in [0.05, 0.1) is 11.1 Å². The maximum absolute atomic E-state index is 6.18. The van der Waals surface area contributed by atoms with Crippen molar-refractivity contribution in [2.45, 2.75) is 20.0 Å². The van der Waals surface area contributed by atoms with Gasteiger partial charge in [-0.05, 0) is 31.5 Å². The zero-order valence-corrected chi connectivity index (χ0v) is 13.9. The van der Waals surface area contributed by atoms with E-state index in [9.17, 15) is 0 Å². The summed E-state index contributed by atoms with van der Waals surface area (Å²) in [6.45, 7) is 4.30. The Balaban J connectivity index is 1.86. The van der Waals surface area contributed by atoms with Crippen LogP contribution in [0.5, 0.6) is 0 Å². The molecule has 2 aromatic carbocycles. The van der Waals surface area contributed by atoms with Crippen LogP contribution in [0.4, 0.5) is 5.69 Å². The molecule has 0 amide bonds. The van der Waals surface area contributed by atoms with E-state index in [0.29, 0.717) is 5.78 Å². The first-order valence-electron chi connectivity index (χ1n) is 8.17. The third-order valence-electron chi connectivity index (χ3n) is 5.07. The molecular formula is C20H18N2O2. The number of benzene rings is 2. The summed E-state index contributed by atoms with van der Waals surface area (Å²) in [7, 11) is 2.08. The molecule has 1 aliphatic rings. The second kappa shape index (κ2) is 4.57. The minimum atomic E-state index is 0.252. The third kappa shape index (κ3) is 1.63. The van der Waals surface area contributed by atoms with Gasteiger partial charge in [0.2, 0.25) is 0 Å². The van der Waals surface area contributed by atoms with E-state index in [-0.39, 0.29) is 6.17 Å². The van der Waals surface area contributed by atoms with Gasteiger partial charge in [-0.25, -0.2) is 0 Å². The number of fused-ring (bicyclic) bond motifs is 5. The number of para-hydroxylation sites is 1. The van der Waals surface area contributed by atoms with Crippen molar-refractivity contribution in [3.05, 3.63) is 54.4 Å². The van der Waals surface area contributed by atoms with Gasteiger partial charge in [0.25, 0.3) is 5.78 Å². The first-order valence-corrected chi connectivity index (χ1v) is 8.17. The maximum Gasteiger partial charge on any atom is 0.299 e. The Labute approximate surface area is 139 Å². The van der Waals surface area contributed by atoms with Crippen LogP contribution in [-0.2, 0) is 0 Å². The number of hydrogen-bond acceptors (Lipinski definition) is 4. The molecular weight excluding hydrogens is 300 g/mol. The first-order chi connectivity index (χ1) is 11.6. The van der Waals surface area contributed by atoms with Gasteiger partial charge in [-0.1, -0.05) is 24.3 Å². The van der Waals surface area contributed by atoms with E-state index >= 15 is 0 Å². The van der Waals surface area contributed by atoms with Gasteiger partial charge < -0.3 is 18.6 Å². The number of aryl methyl sites for hydroxylation is 1. The van der Waals surface area contributed by atoms with Crippen molar-refractivity contribution in [2.75, 3.05) is 11.9 Å². The molecule has 3 heterocycles. The Morgan fingerprint density at radius 1 is 0.958 bits per heavy atom. The van der Waals surface area contributed by atoms with Crippen LogP contribution in [0.25, 0.3) is 33.1 Å². The highest BCUT2D eigenvalue weighted by atomic mass is 16.5. The van der Waals surface area contributed by atoms with E-state index in [1.54, 1.807) is 0 Å². The Hall–Kier alpha value is -2.88. The summed E-state index contributed by atoms with van der Waals surface area (Å²) in [4.78, 5) is 4.43. The van der Waals surface area contributed by atoms with Crippen LogP contribution >= 0.6 is 0 Å². The third-order valence-corrected chi connectivity index (χ3v) is 5.07. The fraction of sp³-hybridized carbons (Fsp3) is 0.200. The van der Waals surface area contributed by atoms with E-state index in [1.807, 2.05) is 18.2 Å². The van der Waals surface area contributed by atoms with Gasteiger partial charge in [0.15, 0.2) is 5.58 Å². The highest BCUT2D eigenvalue weighted by Gasteiger charge is 2.26. The average Bonchev–Trinajstić information content (AvgIpc) is 3.21. The molecule has 0 fully saturated rings. The van der Waals surface area contributed by atoms with Crippen LogP contribution in [-0.4, -0.2) is 18.1 Å². The number of anilines is 1. The average molecular weight is 318 g/mol. The zero-order chi connectivity index (χ0) is 16.4. The Kier molecular flexibility index (Phi) is 2.58. The Morgan fingerprint density at radius 3 is 2.58 bits per heavy atom. The van der Waals surface area contributed by atoms with Crippen molar-refractivity contribution in [1.29, 1.82) is 0 Å². The predicted octanol–water partition coefficient (Wildman–Crippen LogP) is 5.21. The topological polar surface area (TPSA) is 32.8 Å². The van der Waals surface area contributed by atoms with Crippen LogP contribution in [0.3, 0.4) is 0 Å². The summed E-state index contributed by atoms with van der Waals surface area (Å²) < 4.78 is 12.1. The van der Waals surface area contributed by atoms with E-state index < -0.39 is 0 Å². The lowest BCUT2D eigenvalue weighted by atomic mass is 10.1. The van der Waals surface area contributed by atoms with E-state index in [2.05, 4.69) is 61.3 Å². The molecule has 4 nitrogen and oxygen atoms in total. The SMILES string of the molecule is Cc1ccc2c(oc3oc4ccccc4c32)c1N1C=CN(C)[C@@H]1C. The van der Waals surface area contributed by atoms with E-state index in [0.717, 1.165) is 33.0 Å². The molecule has 0 N–H and O–H groups in total. The summed E-state index contributed by atoms with van der Waals surface area (Å²) in [5, 5.41) is 3.26. The molecule has 4 aromatic rings. The molecule has 2 aromatic heterocycles. The highest BCUT2D eigenvalue weighted by molar-refractivity contribution is 6.19. The van der Waals surface area contributed by atoms with Gasteiger partial charge in [-0.15, -0.1) is 0 Å². The lowest BCUT2D eigenvalue weighted by Crippen LogP contribution is -2.33. The van der Waals surface area contributed by atoms with Crippen LogP contribution in [0.15, 0.2) is 57.6 Å². The van der Waals surface area contributed by atoms with Crippen molar-refractivity contribution in [3.8, 4) is 0 Å². The molecule has 0 radical (unpaired) electrons. The number of nitrogens with zero attached hydrogens (tertiary/aromatic N) is 2. The minimum absolute atomic E-state index is 0.252. The molecule has 0 unspecified atom stereocenters. The predicted molar refractivity (Wildman–Crippen MR) is 97.1 cm³/mol. The first kappa shape index (κ1) is 13.5. The molecule has 120 valence electrons. The fourth-order valence-corrected chi connectivity index (χ4v) is 3.62. The fourth-order valence-electron chi connectivity index (χ4n) is 3.62. The largest absolute Gasteiger partial charge is 0.425 e. The van der Waals surface area contributed by atoms with Crippen molar-refractivity contribution in [1.82, 2.24) is 4.90 Å². The number of rotatable bonds is 1. The van der Waals surface area contributed by atoms with Crippen molar-refractivity contribution in [2.24, 2.45) is 0 Å². The second-order valence-corrected chi connectivity index (χ2v) is 6.47. The molecule has 4 heteroatoms. The van der Waals surface area contributed by atoms with Crippen LogP contribution in [0.1, 0.15) is 12.5 Å². The van der Waals surface area contributed by atoms with Gasteiger partial charge in [0.1, 0.15) is 11.7 Å². The van der Waals surface area contributed by atoms with Gasteiger partial charge in [-0.2, -0.15) is 0 Å². The molecule has 1 aliphatic heterocycles. The van der Waals surface area contributed by atoms with Crippen LogP contribution < -0.4 is 4.90 Å². The smallest absolute Gasteiger partial charge is 0.299 e. The quantitative estimate of drug-likeness (QED) is 0.482. The monoisotopic (exact) mass is 318 g/mol. The van der Waals surface area contributed by atoms with Gasteiger partial charge in [0, 0.05) is 30.2 Å². The van der Waals surface area contributed by atoms with Gasteiger partial charge >= 0.3 is 0 Å². The second-order valence-electron chi connectivity index (χ2n) is 6.47. The molecule has 0 saturated carbocycles. The molecule has 5 rings (SSSR count). The summed E-state index contributed by atoms with van der Waals surface area (Å²) in [5.74, 6) is 0.599. The molecule has 0 bridgehead atoms. The molecule has 0 spiro atoms. The summed E-state index contributed by atoms with van der Waals surface area (Å²) >= 11 is 0. The summed E-state index contributed by atoms with van der Waals surface area (Å²) in [6.07, 6.45) is 4.45. The minimum Gasteiger partial charge on any atom is -0.425 e. The van der Waals surface area contributed by atoms with Gasteiger partial charge in [-0.3, -0.25) is 0 Å². The maximum atomic E-state index is 6.18. The highest BCUT2D eigenvalue weighted by Crippen LogP contribution is 2.42. The summed E-state index contributed by atoms with van der Waals surface area (Å²) in [5.41, 5.74) is 4.05. The number of hydrogen-bond donors (Lipinski definition) is 0. The molecule has 24 heavy (non-hydrogen) atoms. The molecule has 0 aliphatic carbocycles. The van der Waals surface area contributed by atoms with E-state index in [1.165, 1.54) is 5.56 Å². The van der Waals surface area contributed by atoms with Crippen molar-refractivity contribution >= 4 is 38.8 Å². The Morgan fingerprint density at radius 2 is 1.79 bits per heavy atom.